The molecule has 1 amide bonds. The molecule has 0 aliphatic carbocycles. The summed E-state index contributed by atoms with van der Waals surface area (Å²) in [6.45, 7) is 3.89. The number of hydrogen-bond donors (Lipinski definition) is 1. The number of likely N-dealkylation sites (N-methyl/N-ethyl adjacent to an activating group) is 1. The molecule has 0 fully saturated rings. The Labute approximate surface area is 153 Å². The third kappa shape index (κ3) is 5.04. The van der Waals surface area contributed by atoms with E-state index >= 15 is 0 Å². The molecule has 0 aliphatic rings. The van der Waals surface area contributed by atoms with Gasteiger partial charge in [0.2, 0.25) is 15.9 Å². The average Bonchev–Trinajstić information content (AvgIpc) is 2.55. The van der Waals surface area contributed by atoms with Crippen LogP contribution in [0.1, 0.15) is 25.3 Å². The van der Waals surface area contributed by atoms with E-state index in [-0.39, 0.29) is 11.4 Å². The van der Waals surface area contributed by atoms with Crippen LogP contribution in [0.5, 0.6) is 0 Å². The largest absolute Gasteiger partial charge is 0.325 e. The van der Waals surface area contributed by atoms with Gasteiger partial charge >= 0.3 is 0 Å². The Kier molecular flexibility index (Phi) is 6.21. The number of carbonyl (C=O) groups excluding carboxylic acids is 1. The zero-order valence-corrected chi connectivity index (χ0v) is 15.9. The van der Waals surface area contributed by atoms with Crippen LogP contribution in [0.3, 0.4) is 0 Å². The molecular weight excluding hydrogens is 360 g/mol. The highest BCUT2D eigenvalue weighted by atomic mass is 35.5. The van der Waals surface area contributed by atoms with Crippen molar-refractivity contribution in [2.75, 3.05) is 18.9 Å². The van der Waals surface area contributed by atoms with E-state index in [1.165, 1.54) is 36.9 Å². The fraction of sp³-hybridized carbons (Fsp3) is 0.278. The summed E-state index contributed by atoms with van der Waals surface area (Å²) in [6, 6.07) is 13.3. The lowest BCUT2D eigenvalue weighted by atomic mass is 10.0. The molecule has 0 unspecified atom stereocenters. The highest BCUT2D eigenvalue weighted by Crippen LogP contribution is 2.19. The van der Waals surface area contributed by atoms with Crippen molar-refractivity contribution in [1.82, 2.24) is 4.31 Å². The van der Waals surface area contributed by atoms with Gasteiger partial charge in [-0.05, 0) is 47.9 Å². The predicted molar refractivity (Wildman–Crippen MR) is 100 cm³/mol. The molecule has 5 nitrogen and oxygen atoms in total. The molecule has 0 radical (unpaired) electrons. The first-order valence-electron chi connectivity index (χ1n) is 7.82. The van der Waals surface area contributed by atoms with Gasteiger partial charge in [-0.2, -0.15) is 4.31 Å². The molecule has 25 heavy (non-hydrogen) atoms. The van der Waals surface area contributed by atoms with Gasteiger partial charge < -0.3 is 5.32 Å². The van der Waals surface area contributed by atoms with Crippen molar-refractivity contribution >= 4 is 33.2 Å². The van der Waals surface area contributed by atoms with Crippen molar-refractivity contribution in [2.45, 2.75) is 24.7 Å². The first-order chi connectivity index (χ1) is 11.7. The van der Waals surface area contributed by atoms with Crippen molar-refractivity contribution in [3.63, 3.8) is 0 Å². The summed E-state index contributed by atoms with van der Waals surface area (Å²) >= 11 is 5.77. The third-order valence-corrected chi connectivity index (χ3v) is 5.82. The summed E-state index contributed by atoms with van der Waals surface area (Å²) in [5.41, 5.74) is 1.80. The topological polar surface area (TPSA) is 66.5 Å². The number of hydrogen-bond acceptors (Lipinski definition) is 3. The van der Waals surface area contributed by atoms with E-state index in [9.17, 15) is 13.2 Å². The van der Waals surface area contributed by atoms with Crippen molar-refractivity contribution in [3.05, 3.63) is 59.1 Å². The van der Waals surface area contributed by atoms with E-state index in [4.69, 9.17) is 11.6 Å². The highest BCUT2D eigenvalue weighted by Gasteiger charge is 2.22. The molecular formula is C18H21ClN2O3S. The molecule has 0 atom stereocenters. The molecule has 0 aliphatic heterocycles. The Morgan fingerprint density at radius 3 is 2.16 bits per heavy atom. The van der Waals surface area contributed by atoms with Gasteiger partial charge in [0.15, 0.2) is 0 Å². The maximum Gasteiger partial charge on any atom is 0.243 e. The Morgan fingerprint density at radius 2 is 1.64 bits per heavy atom. The van der Waals surface area contributed by atoms with Crippen LogP contribution < -0.4 is 5.32 Å². The van der Waals surface area contributed by atoms with E-state index in [1.54, 1.807) is 12.1 Å². The minimum atomic E-state index is -3.75. The second-order valence-corrected chi connectivity index (χ2v) is 8.52. The van der Waals surface area contributed by atoms with Crippen LogP contribution in [0.15, 0.2) is 53.4 Å². The minimum absolute atomic E-state index is 0.0912. The van der Waals surface area contributed by atoms with E-state index < -0.39 is 15.9 Å². The lowest BCUT2D eigenvalue weighted by molar-refractivity contribution is -0.116. The summed E-state index contributed by atoms with van der Waals surface area (Å²) in [6.07, 6.45) is 0. The molecule has 0 bridgehead atoms. The number of halogens is 1. The first kappa shape index (κ1) is 19.4. The molecule has 2 rings (SSSR count). The van der Waals surface area contributed by atoms with E-state index in [0.717, 1.165) is 4.31 Å². The Bertz CT molecular complexity index is 832. The van der Waals surface area contributed by atoms with Gasteiger partial charge in [0, 0.05) is 17.8 Å². The van der Waals surface area contributed by atoms with E-state index in [2.05, 4.69) is 19.2 Å². The van der Waals surface area contributed by atoms with E-state index in [1.807, 2.05) is 12.1 Å². The van der Waals surface area contributed by atoms with Crippen LogP contribution in [-0.4, -0.2) is 32.2 Å². The number of sulfonamides is 1. The summed E-state index contributed by atoms with van der Waals surface area (Å²) in [5.74, 6) is -0.00209. The van der Waals surface area contributed by atoms with Crippen LogP contribution in [0.2, 0.25) is 5.02 Å². The fourth-order valence-electron chi connectivity index (χ4n) is 2.23. The SMILES string of the molecule is CC(C)c1ccc(NC(=O)CN(C)S(=O)(=O)c2ccc(Cl)cc2)cc1. The second kappa shape index (κ2) is 7.99. The van der Waals surface area contributed by atoms with Gasteiger partial charge in [0.25, 0.3) is 0 Å². The predicted octanol–water partition coefficient (Wildman–Crippen LogP) is 3.72. The minimum Gasteiger partial charge on any atom is -0.325 e. The van der Waals surface area contributed by atoms with Crippen molar-refractivity contribution in [1.29, 1.82) is 0 Å². The van der Waals surface area contributed by atoms with Crippen LogP contribution in [-0.2, 0) is 14.8 Å². The van der Waals surface area contributed by atoms with Gasteiger partial charge in [0.1, 0.15) is 0 Å². The summed E-state index contributed by atoms with van der Waals surface area (Å²) in [5, 5.41) is 3.15. The normalized spacial score (nSPS) is 11.8. The maximum atomic E-state index is 12.5. The quantitative estimate of drug-likeness (QED) is 0.830. The number of benzene rings is 2. The van der Waals surface area contributed by atoms with Crippen molar-refractivity contribution in [3.8, 4) is 0 Å². The number of carbonyl (C=O) groups is 1. The summed E-state index contributed by atoms with van der Waals surface area (Å²) in [4.78, 5) is 12.2. The molecule has 2 aromatic rings. The number of nitrogens with one attached hydrogen (secondary N) is 1. The molecule has 0 saturated heterocycles. The maximum absolute atomic E-state index is 12.5. The Hall–Kier alpha value is -1.89. The third-order valence-electron chi connectivity index (χ3n) is 3.75. The van der Waals surface area contributed by atoms with Crippen molar-refractivity contribution in [2.24, 2.45) is 0 Å². The Balaban J connectivity index is 2.02. The molecule has 2 aromatic carbocycles. The average molecular weight is 381 g/mol. The zero-order chi connectivity index (χ0) is 18.6. The summed E-state index contributed by atoms with van der Waals surface area (Å²) in [7, 11) is -2.38. The number of nitrogens with zero attached hydrogens (tertiary/aromatic N) is 1. The number of amides is 1. The van der Waals surface area contributed by atoms with Gasteiger partial charge in [-0.1, -0.05) is 37.6 Å². The standard InChI is InChI=1S/C18H21ClN2O3S/c1-13(2)14-4-8-16(9-5-14)20-18(22)12-21(3)25(23,24)17-10-6-15(19)7-11-17/h4-11,13H,12H2,1-3H3,(H,20,22). The van der Waals surface area contributed by atoms with Crippen LogP contribution >= 0.6 is 11.6 Å². The first-order valence-corrected chi connectivity index (χ1v) is 9.63. The molecule has 0 aromatic heterocycles. The fourth-order valence-corrected chi connectivity index (χ4v) is 3.48. The second-order valence-electron chi connectivity index (χ2n) is 6.04. The van der Waals surface area contributed by atoms with E-state index in [0.29, 0.717) is 16.6 Å². The molecule has 7 heteroatoms. The van der Waals surface area contributed by atoms with Crippen LogP contribution in [0.25, 0.3) is 0 Å². The summed E-state index contributed by atoms with van der Waals surface area (Å²) < 4.78 is 25.9. The monoisotopic (exact) mass is 380 g/mol. The number of rotatable bonds is 6. The Morgan fingerprint density at radius 1 is 1.08 bits per heavy atom. The molecule has 0 saturated carbocycles. The van der Waals surface area contributed by atoms with Crippen molar-refractivity contribution < 1.29 is 13.2 Å². The molecule has 0 spiro atoms. The lowest BCUT2D eigenvalue weighted by Crippen LogP contribution is -2.34. The van der Waals surface area contributed by atoms with Gasteiger partial charge in [-0.3, -0.25) is 4.79 Å². The molecule has 0 heterocycles. The van der Waals surface area contributed by atoms with Gasteiger partial charge in [0.05, 0.1) is 11.4 Å². The van der Waals surface area contributed by atoms with Gasteiger partial charge in [-0.25, -0.2) is 8.42 Å². The zero-order valence-electron chi connectivity index (χ0n) is 14.4. The van der Waals surface area contributed by atoms with Crippen LogP contribution in [0.4, 0.5) is 5.69 Å². The smallest absolute Gasteiger partial charge is 0.243 e. The molecule has 134 valence electrons. The number of anilines is 1. The highest BCUT2D eigenvalue weighted by molar-refractivity contribution is 7.89. The lowest BCUT2D eigenvalue weighted by Gasteiger charge is -2.17. The molecule has 1 N–H and O–H groups in total. The van der Waals surface area contributed by atoms with Gasteiger partial charge in [-0.15, -0.1) is 0 Å². The van der Waals surface area contributed by atoms with Crippen LogP contribution in [0, 0.1) is 0 Å².